The number of halogens is 1. The van der Waals surface area contributed by atoms with E-state index in [1.165, 1.54) is 42.5 Å². The first-order valence-corrected chi connectivity index (χ1v) is 12.4. The highest BCUT2D eigenvalue weighted by molar-refractivity contribution is 7.92. The van der Waals surface area contributed by atoms with Crippen molar-refractivity contribution in [2.45, 2.75) is 32.6 Å². The summed E-state index contributed by atoms with van der Waals surface area (Å²) in [5, 5.41) is 20.5. The average Bonchev–Trinajstić information content (AvgIpc) is 2.76. The Hall–Kier alpha value is -3.23. The molecule has 34 heavy (non-hydrogen) atoms. The van der Waals surface area contributed by atoms with E-state index in [9.17, 15) is 23.4 Å². The lowest BCUT2D eigenvalue weighted by Gasteiger charge is -2.27. The summed E-state index contributed by atoms with van der Waals surface area (Å²) in [4.78, 5) is 11.4. The molecule has 0 saturated heterocycles. The van der Waals surface area contributed by atoms with Crippen LogP contribution in [0.5, 0.6) is 17.2 Å². The Balaban J connectivity index is 1.97. The number of hydrogen-bond acceptors (Lipinski definition) is 5. The van der Waals surface area contributed by atoms with Crippen molar-refractivity contribution in [3.8, 4) is 17.2 Å². The van der Waals surface area contributed by atoms with E-state index in [-0.39, 0.29) is 28.6 Å². The van der Waals surface area contributed by atoms with Gasteiger partial charge in [0.1, 0.15) is 17.1 Å². The molecule has 0 aliphatic rings. The minimum Gasteiger partial charge on any atom is -0.505 e. The van der Waals surface area contributed by atoms with Gasteiger partial charge in [-0.3, -0.25) is 4.31 Å². The van der Waals surface area contributed by atoms with Gasteiger partial charge in [0.15, 0.2) is 5.75 Å². The normalized spacial score (nSPS) is 11.5. The molecule has 0 saturated carbocycles. The lowest BCUT2D eigenvalue weighted by Crippen LogP contribution is -2.34. The smallest absolute Gasteiger partial charge is 0.339 e. The van der Waals surface area contributed by atoms with Gasteiger partial charge in [0.05, 0.1) is 10.6 Å². The summed E-state index contributed by atoms with van der Waals surface area (Å²) in [6, 6.07) is 13.5. The molecule has 3 rings (SSSR count). The average molecular weight is 504 g/mol. The molecule has 0 atom stereocenters. The number of ether oxygens (including phenoxy) is 1. The molecule has 180 valence electrons. The number of aromatic carboxylic acids is 1. The number of carbonyl (C=O) groups is 1. The van der Waals surface area contributed by atoms with Crippen LogP contribution >= 0.6 is 11.6 Å². The Bertz CT molecular complexity index is 1300. The van der Waals surface area contributed by atoms with Crippen molar-refractivity contribution in [3.63, 3.8) is 0 Å². The largest absolute Gasteiger partial charge is 0.505 e. The fourth-order valence-electron chi connectivity index (χ4n) is 3.47. The summed E-state index contributed by atoms with van der Waals surface area (Å²) in [6.07, 6.45) is 0. The highest BCUT2D eigenvalue weighted by Crippen LogP contribution is 2.36. The standard InChI is InChI=1S/C25H26ClNO6S/c1-15(2)14-27(22-7-5-6-21(24(22)28)25(29)30)34(31,32)20-10-8-18(9-11-20)33-19-12-16(3)23(26)17(4)13-19/h5-13,15,28H,14H2,1-4H3,(H,29,30). The van der Waals surface area contributed by atoms with E-state index in [1.807, 2.05) is 27.7 Å². The quantitative estimate of drug-likeness (QED) is 0.390. The van der Waals surface area contributed by atoms with Gasteiger partial charge in [0.2, 0.25) is 0 Å². The van der Waals surface area contributed by atoms with Crippen molar-refractivity contribution in [3.05, 3.63) is 76.3 Å². The molecule has 0 aromatic heterocycles. The van der Waals surface area contributed by atoms with Gasteiger partial charge in [-0.2, -0.15) is 0 Å². The minimum absolute atomic E-state index is 0.0240. The van der Waals surface area contributed by atoms with Crippen LogP contribution in [0.1, 0.15) is 35.3 Å². The van der Waals surface area contributed by atoms with Gasteiger partial charge in [-0.05, 0) is 79.4 Å². The van der Waals surface area contributed by atoms with Gasteiger partial charge in [-0.1, -0.05) is 31.5 Å². The van der Waals surface area contributed by atoms with Crippen LogP contribution in [-0.2, 0) is 10.0 Å². The summed E-state index contributed by atoms with van der Waals surface area (Å²) >= 11 is 6.20. The number of hydrogen-bond donors (Lipinski definition) is 2. The number of benzene rings is 3. The number of rotatable bonds is 8. The molecule has 0 spiro atoms. The van der Waals surface area contributed by atoms with Crippen LogP contribution in [0.2, 0.25) is 5.02 Å². The third-order valence-electron chi connectivity index (χ3n) is 5.10. The van der Waals surface area contributed by atoms with E-state index in [4.69, 9.17) is 16.3 Å². The van der Waals surface area contributed by atoms with Crippen molar-refractivity contribution >= 4 is 33.3 Å². The molecule has 0 unspecified atom stereocenters. The number of sulfonamides is 1. The SMILES string of the molecule is Cc1cc(Oc2ccc(S(=O)(=O)N(CC(C)C)c3cccc(C(=O)O)c3O)cc2)cc(C)c1Cl. The Morgan fingerprint density at radius 3 is 2.15 bits per heavy atom. The number of phenols is 1. The van der Waals surface area contributed by atoms with Gasteiger partial charge >= 0.3 is 5.97 Å². The van der Waals surface area contributed by atoms with Crippen LogP contribution in [0.4, 0.5) is 5.69 Å². The molecule has 0 radical (unpaired) electrons. The zero-order chi connectivity index (χ0) is 25.2. The number of aryl methyl sites for hydroxylation is 2. The summed E-state index contributed by atoms with van der Waals surface area (Å²) in [7, 11) is -4.12. The zero-order valence-corrected chi connectivity index (χ0v) is 20.8. The van der Waals surface area contributed by atoms with E-state index in [1.54, 1.807) is 12.1 Å². The Morgan fingerprint density at radius 1 is 1.03 bits per heavy atom. The van der Waals surface area contributed by atoms with E-state index in [0.29, 0.717) is 16.5 Å². The second kappa shape index (κ2) is 9.95. The fourth-order valence-corrected chi connectivity index (χ4v) is 5.22. The van der Waals surface area contributed by atoms with Crippen molar-refractivity contribution in [2.24, 2.45) is 5.92 Å². The van der Waals surface area contributed by atoms with Crippen molar-refractivity contribution in [1.29, 1.82) is 0 Å². The van der Waals surface area contributed by atoms with Crippen molar-refractivity contribution < 1.29 is 28.2 Å². The fraction of sp³-hybridized carbons (Fsp3) is 0.240. The second-order valence-corrected chi connectivity index (χ2v) is 10.6. The number of nitrogens with zero attached hydrogens (tertiary/aromatic N) is 1. The molecule has 3 aromatic carbocycles. The monoisotopic (exact) mass is 503 g/mol. The summed E-state index contributed by atoms with van der Waals surface area (Å²) in [5.74, 6) is -1.04. The van der Waals surface area contributed by atoms with Gasteiger partial charge < -0.3 is 14.9 Å². The van der Waals surface area contributed by atoms with Crippen molar-refractivity contribution in [2.75, 3.05) is 10.8 Å². The molecule has 0 aliphatic carbocycles. The maximum absolute atomic E-state index is 13.5. The predicted molar refractivity (Wildman–Crippen MR) is 132 cm³/mol. The highest BCUT2D eigenvalue weighted by Gasteiger charge is 2.29. The van der Waals surface area contributed by atoms with Gasteiger partial charge in [0, 0.05) is 11.6 Å². The van der Waals surface area contributed by atoms with Crippen LogP contribution in [0.15, 0.2) is 59.5 Å². The number of aromatic hydroxyl groups is 1. The first kappa shape index (κ1) is 25.4. The van der Waals surface area contributed by atoms with E-state index in [2.05, 4.69) is 0 Å². The van der Waals surface area contributed by atoms with E-state index < -0.39 is 21.7 Å². The highest BCUT2D eigenvalue weighted by atomic mass is 35.5. The lowest BCUT2D eigenvalue weighted by atomic mass is 10.1. The molecule has 3 aromatic rings. The molecule has 0 heterocycles. The van der Waals surface area contributed by atoms with Crippen LogP contribution in [0.25, 0.3) is 0 Å². The van der Waals surface area contributed by atoms with Crippen LogP contribution < -0.4 is 9.04 Å². The van der Waals surface area contributed by atoms with Crippen molar-refractivity contribution in [1.82, 2.24) is 0 Å². The Labute approximate surface area is 204 Å². The maximum Gasteiger partial charge on any atom is 0.339 e. The third kappa shape index (κ3) is 5.29. The van der Waals surface area contributed by atoms with E-state index in [0.717, 1.165) is 15.4 Å². The number of carboxylic acid groups (broad SMARTS) is 1. The molecule has 2 N–H and O–H groups in total. The summed E-state index contributed by atoms with van der Waals surface area (Å²) in [6.45, 7) is 7.44. The second-order valence-electron chi connectivity index (χ2n) is 8.35. The van der Waals surface area contributed by atoms with E-state index >= 15 is 0 Å². The zero-order valence-electron chi connectivity index (χ0n) is 19.2. The predicted octanol–water partition coefficient (Wildman–Crippen LogP) is 6.00. The molecule has 0 aliphatic heterocycles. The topological polar surface area (TPSA) is 104 Å². The van der Waals surface area contributed by atoms with Gasteiger partial charge in [-0.15, -0.1) is 0 Å². The number of anilines is 1. The van der Waals surface area contributed by atoms with Crippen LogP contribution in [-0.4, -0.2) is 31.1 Å². The molecule has 0 amide bonds. The Kier molecular flexibility index (Phi) is 7.43. The van der Waals surface area contributed by atoms with Crippen LogP contribution in [0.3, 0.4) is 0 Å². The minimum atomic E-state index is -4.12. The maximum atomic E-state index is 13.5. The molecular weight excluding hydrogens is 478 g/mol. The summed E-state index contributed by atoms with van der Waals surface area (Å²) in [5.41, 5.74) is 1.26. The van der Waals surface area contributed by atoms with Gasteiger partial charge in [-0.25, -0.2) is 13.2 Å². The number of carboxylic acids is 1. The summed E-state index contributed by atoms with van der Waals surface area (Å²) < 4.78 is 33.9. The first-order valence-electron chi connectivity index (χ1n) is 10.5. The number of para-hydroxylation sites is 1. The molecule has 0 fully saturated rings. The van der Waals surface area contributed by atoms with Crippen LogP contribution in [0, 0.1) is 19.8 Å². The Morgan fingerprint density at radius 2 is 1.62 bits per heavy atom. The third-order valence-corrected chi connectivity index (χ3v) is 7.49. The molecule has 0 bridgehead atoms. The first-order chi connectivity index (χ1) is 15.9. The lowest BCUT2D eigenvalue weighted by molar-refractivity contribution is 0.0693. The molecule has 7 nitrogen and oxygen atoms in total. The molecular formula is C25H26ClNO6S. The molecule has 9 heteroatoms. The van der Waals surface area contributed by atoms with Gasteiger partial charge in [0.25, 0.3) is 10.0 Å².